The van der Waals surface area contributed by atoms with Crippen LogP contribution in [-0.4, -0.2) is 16.7 Å². The first-order valence-electron chi connectivity index (χ1n) is 8.97. The van der Waals surface area contributed by atoms with Crippen LogP contribution in [0, 0.1) is 0 Å². The van der Waals surface area contributed by atoms with Gasteiger partial charge in [-0.1, -0.05) is 36.4 Å². The number of carbonyl (C=O) groups is 2. The Kier molecular flexibility index (Phi) is 3.79. The van der Waals surface area contributed by atoms with Crippen molar-refractivity contribution in [1.29, 1.82) is 0 Å². The van der Waals surface area contributed by atoms with Gasteiger partial charge >= 0.3 is 5.97 Å². The lowest BCUT2D eigenvalue weighted by Gasteiger charge is -2.26. The summed E-state index contributed by atoms with van der Waals surface area (Å²) in [6.45, 7) is 0. The highest BCUT2D eigenvalue weighted by atomic mass is 16.5. The van der Waals surface area contributed by atoms with Crippen LogP contribution in [0.3, 0.4) is 0 Å². The molecule has 3 heterocycles. The Balaban J connectivity index is 1.63. The van der Waals surface area contributed by atoms with E-state index in [2.05, 4.69) is 4.98 Å². The first-order valence-corrected chi connectivity index (χ1v) is 8.97. The normalized spacial score (nSPS) is 19.0. The van der Waals surface area contributed by atoms with E-state index >= 15 is 0 Å². The molecule has 0 fully saturated rings. The largest absolute Gasteiger partial charge is 0.452 e. The molecule has 2 aliphatic rings. The molecule has 0 saturated carbocycles. The summed E-state index contributed by atoms with van der Waals surface area (Å²) < 4.78 is 11.4. The fraction of sp³-hybridized carbons (Fsp3) is 0.0870. The highest BCUT2D eigenvalue weighted by Crippen LogP contribution is 2.48. The first-order chi connectivity index (χ1) is 13.7. The molecule has 0 spiro atoms. The fourth-order valence-corrected chi connectivity index (χ4v) is 3.67. The van der Waals surface area contributed by atoms with Gasteiger partial charge in [-0.05, 0) is 35.4 Å². The van der Waals surface area contributed by atoms with Gasteiger partial charge in [0.05, 0.1) is 12.0 Å². The number of Topliss-reactive ketones (excluding diaryl/α,β-unsaturated/α-hetero) is 1. The molecule has 5 rings (SSSR count). The van der Waals surface area contributed by atoms with E-state index < -0.39 is 0 Å². The van der Waals surface area contributed by atoms with Crippen LogP contribution in [0.25, 0.3) is 6.08 Å². The predicted molar refractivity (Wildman–Crippen MR) is 102 cm³/mol. The minimum atomic E-state index is -0.314. The Labute approximate surface area is 161 Å². The van der Waals surface area contributed by atoms with E-state index in [1.165, 1.54) is 0 Å². The standard InChI is InChI=1S/C23H15NO4/c25-20-12-17(15-7-4-10-24-13-15)21-18(27-20)9-8-16-22(26)19(28-23(16)21)11-14-5-2-1-3-6-14/h1-11,13,17H,12H2/b19-11-/t17-/m0/s1. The molecule has 0 radical (unpaired) electrons. The monoisotopic (exact) mass is 369 g/mol. The number of ketones is 1. The number of ether oxygens (including phenoxy) is 2. The number of fused-ring (bicyclic) bond motifs is 3. The van der Waals surface area contributed by atoms with Crippen LogP contribution in [0.5, 0.6) is 11.5 Å². The topological polar surface area (TPSA) is 65.5 Å². The van der Waals surface area contributed by atoms with Gasteiger partial charge in [-0.15, -0.1) is 0 Å². The third-order valence-electron chi connectivity index (χ3n) is 4.96. The predicted octanol–water partition coefficient (Wildman–Crippen LogP) is 4.14. The number of nitrogens with zero attached hydrogens (tertiary/aromatic N) is 1. The SMILES string of the molecule is O=C1C[C@@H](c2cccnc2)c2c(ccc3c2O/C(=C\c2ccccc2)C3=O)O1. The number of hydrogen-bond acceptors (Lipinski definition) is 5. The van der Waals surface area contributed by atoms with Crippen molar-refractivity contribution in [2.45, 2.75) is 12.3 Å². The fourth-order valence-electron chi connectivity index (χ4n) is 3.67. The molecule has 2 aliphatic heterocycles. The van der Waals surface area contributed by atoms with Crippen molar-refractivity contribution in [2.75, 3.05) is 0 Å². The van der Waals surface area contributed by atoms with Gasteiger partial charge in [0.25, 0.3) is 0 Å². The van der Waals surface area contributed by atoms with Crippen LogP contribution >= 0.6 is 0 Å². The quantitative estimate of drug-likeness (QED) is 0.386. The third-order valence-corrected chi connectivity index (χ3v) is 4.96. The third kappa shape index (κ3) is 2.68. The highest BCUT2D eigenvalue weighted by molar-refractivity contribution is 6.15. The van der Waals surface area contributed by atoms with Gasteiger partial charge in [0.1, 0.15) is 11.5 Å². The van der Waals surface area contributed by atoms with Crippen molar-refractivity contribution in [3.63, 3.8) is 0 Å². The molecule has 5 nitrogen and oxygen atoms in total. The van der Waals surface area contributed by atoms with Crippen LogP contribution in [0.15, 0.2) is 72.8 Å². The molecule has 1 atom stereocenters. The number of benzene rings is 2. The van der Waals surface area contributed by atoms with E-state index in [-0.39, 0.29) is 29.9 Å². The van der Waals surface area contributed by atoms with E-state index in [9.17, 15) is 9.59 Å². The molecule has 2 aromatic carbocycles. The van der Waals surface area contributed by atoms with Gasteiger partial charge in [0.15, 0.2) is 5.76 Å². The molecular formula is C23H15NO4. The average Bonchev–Trinajstić information content (AvgIpc) is 3.04. The van der Waals surface area contributed by atoms with Gasteiger partial charge in [-0.2, -0.15) is 0 Å². The Morgan fingerprint density at radius 1 is 0.964 bits per heavy atom. The Bertz CT molecular complexity index is 1120. The zero-order chi connectivity index (χ0) is 19.1. The second-order valence-electron chi connectivity index (χ2n) is 6.72. The smallest absolute Gasteiger partial charge is 0.312 e. The molecule has 0 amide bonds. The maximum Gasteiger partial charge on any atom is 0.312 e. The molecule has 1 aromatic heterocycles. The Morgan fingerprint density at radius 3 is 2.61 bits per heavy atom. The van der Waals surface area contributed by atoms with Crippen molar-refractivity contribution in [3.05, 3.63) is 95.0 Å². The van der Waals surface area contributed by atoms with E-state index in [1.54, 1.807) is 30.6 Å². The summed E-state index contributed by atoms with van der Waals surface area (Å²) in [7, 11) is 0. The first kappa shape index (κ1) is 16.4. The zero-order valence-corrected chi connectivity index (χ0v) is 14.8. The minimum absolute atomic E-state index is 0.171. The lowest BCUT2D eigenvalue weighted by Crippen LogP contribution is -2.21. The van der Waals surface area contributed by atoms with E-state index in [0.717, 1.165) is 16.7 Å². The molecular weight excluding hydrogens is 354 g/mol. The summed E-state index contributed by atoms with van der Waals surface area (Å²) >= 11 is 0. The molecule has 3 aromatic rings. The molecule has 0 bridgehead atoms. The summed E-state index contributed by atoms with van der Waals surface area (Å²) in [5.41, 5.74) is 2.95. The molecule has 5 heteroatoms. The highest BCUT2D eigenvalue weighted by Gasteiger charge is 2.38. The minimum Gasteiger partial charge on any atom is -0.452 e. The van der Waals surface area contributed by atoms with Crippen LogP contribution in [0.4, 0.5) is 0 Å². The molecule has 0 N–H and O–H groups in total. The van der Waals surface area contributed by atoms with Gasteiger partial charge in [0, 0.05) is 23.9 Å². The van der Waals surface area contributed by atoms with Crippen LogP contribution < -0.4 is 9.47 Å². The van der Waals surface area contributed by atoms with Crippen molar-refractivity contribution in [1.82, 2.24) is 4.98 Å². The zero-order valence-electron chi connectivity index (χ0n) is 14.8. The Morgan fingerprint density at radius 2 is 1.82 bits per heavy atom. The number of hydrogen-bond donors (Lipinski definition) is 0. The summed E-state index contributed by atoms with van der Waals surface area (Å²) in [4.78, 5) is 29.2. The summed E-state index contributed by atoms with van der Waals surface area (Å²) in [6, 6.07) is 16.6. The van der Waals surface area contributed by atoms with Crippen molar-refractivity contribution in [3.8, 4) is 11.5 Å². The number of esters is 1. The maximum atomic E-state index is 12.9. The van der Waals surface area contributed by atoms with Crippen molar-refractivity contribution >= 4 is 17.8 Å². The number of carbonyl (C=O) groups excluding carboxylic acids is 2. The van der Waals surface area contributed by atoms with Crippen molar-refractivity contribution in [2.24, 2.45) is 0 Å². The number of aromatic nitrogens is 1. The summed E-state index contributed by atoms with van der Waals surface area (Å²) in [5.74, 6) is 0.387. The van der Waals surface area contributed by atoms with E-state index in [1.807, 2.05) is 42.5 Å². The second kappa shape index (κ2) is 6.46. The average molecular weight is 369 g/mol. The second-order valence-corrected chi connectivity index (χ2v) is 6.72. The lowest BCUT2D eigenvalue weighted by atomic mass is 9.85. The molecule has 28 heavy (non-hydrogen) atoms. The van der Waals surface area contributed by atoms with Crippen LogP contribution in [0.1, 0.15) is 39.4 Å². The van der Waals surface area contributed by atoms with Gasteiger partial charge in [0.2, 0.25) is 5.78 Å². The van der Waals surface area contributed by atoms with Crippen LogP contribution in [-0.2, 0) is 4.79 Å². The van der Waals surface area contributed by atoms with Gasteiger partial charge in [-0.25, -0.2) is 0 Å². The maximum absolute atomic E-state index is 12.9. The van der Waals surface area contributed by atoms with Gasteiger partial charge in [-0.3, -0.25) is 14.6 Å². The lowest BCUT2D eigenvalue weighted by molar-refractivity contribution is -0.135. The number of pyridine rings is 1. The van der Waals surface area contributed by atoms with Crippen LogP contribution in [0.2, 0.25) is 0 Å². The Hall–Kier alpha value is -3.73. The van der Waals surface area contributed by atoms with E-state index in [4.69, 9.17) is 9.47 Å². The molecule has 0 saturated heterocycles. The summed E-state index contributed by atoms with van der Waals surface area (Å²) in [6.07, 6.45) is 5.30. The molecule has 0 aliphatic carbocycles. The van der Waals surface area contributed by atoms with Gasteiger partial charge < -0.3 is 9.47 Å². The molecule has 0 unspecified atom stereocenters. The van der Waals surface area contributed by atoms with E-state index in [0.29, 0.717) is 17.1 Å². The van der Waals surface area contributed by atoms with Crippen molar-refractivity contribution < 1.29 is 19.1 Å². The molecule has 136 valence electrons. The number of rotatable bonds is 2. The summed E-state index contributed by atoms with van der Waals surface area (Å²) in [5, 5.41) is 0. The number of allylic oxidation sites excluding steroid dienone is 1.